The highest BCUT2D eigenvalue weighted by molar-refractivity contribution is 5.98. The number of nitrogens with one attached hydrogen (secondary N) is 1. The number of rotatable bonds is 9. The van der Waals surface area contributed by atoms with Crippen LogP contribution in [-0.4, -0.2) is 29.3 Å². The zero-order valence-electron chi connectivity index (χ0n) is 18.7. The van der Waals surface area contributed by atoms with Crippen molar-refractivity contribution in [2.24, 2.45) is 0 Å². The molecule has 0 aliphatic rings. The van der Waals surface area contributed by atoms with E-state index >= 15 is 0 Å². The van der Waals surface area contributed by atoms with E-state index in [0.717, 1.165) is 5.39 Å². The van der Waals surface area contributed by atoms with Crippen LogP contribution in [-0.2, 0) is 13.1 Å². The molecule has 5 nitrogen and oxygen atoms in total. The number of hydrogen-bond donors (Lipinski definition) is 2. The lowest BCUT2D eigenvalue weighted by atomic mass is 10.0. The number of benzene rings is 3. The molecular weight excluding hydrogens is 419 g/mol. The van der Waals surface area contributed by atoms with E-state index in [1.54, 1.807) is 35.9 Å². The molecule has 0 saturated carbocycles. The minimum atomic E-state index is -1.05. The van der Waals surface area contributed by atoms with Crippen molar-refractivity contribution in [2.45, 2.75) is 25.9 Å². The number of carboxylic acid groups (broad SMARTS) is 1. The van der Waals surface area contributed by atoms with Gasteiger partial charge in [0.15, 0.2) is 0 Å². The minimum absolute atomic E-state index is 0.110. The number of nitrogens with zero attached hydrogens (tertiary/aromatic N) is 1. The molecule has 1 atom stereocenters. The van der Waals surface area contributed by atoms with Gasteiger partial charge in [-0.05, 0) is 29.7 Å². The van der Waals surface area contributed by atoms with Crippen LogP contribution in [0.1, 0.15) is 40.0 Å². The monoisotopic (exact) mass is 446 g/mol. The molecule has 0 radical (unpaired) electrons. The Morgan fingerprint density at radius 3 is 2.52 bits per heavy atom. The van der Waals surface area contributed by atoms with E-state index in [1.807, 2.05) is 30.3 Å². The van der Waals surface area contributed by atoms with E-state index in [2.05, 4.69) is 24.4 Å². The third-order valence-corrected chi connectivity index (χ3v) is 5.99. The third kappa shape index (κ3) is 4.76. The molecule has 0 spiro atoms. The molecule has 0 fully saturated rings. The quantitative estimate of drug-likeness (QED) is 0.360. The van der Waals surface area contributed by atoms with Crippen molar-refractivity contribution >= 4 is 16.9 Å². The predicted molar refractivity (Wildman–Crippen MR) is 128 cm³/mol. The molecular formula is C27H27FN2O3. The Kier molecular flexibility index (Phi) is 6.75. The number of methoxy groups -OCH3 is 1. The summed E-state index contributed by atoms with van der Waals surface area (Å²) in [5.41, 5.74) is 3.17. The first-order valence-electron chi connectivity index (χ1n) is 10.9. The highest BCUT2D eigenvalue weighted by Crippen LogP contribution is 2.31. The van der Waals surface area contributed by atoms with Crippen molar-refractivity contribution in [3.63, 3.8) is 0 Å². The maximum absolute atomic E-state index is 14.4. The maximum Gasteiger partial charge on any atom is 0.352 e. The largest absolute Gasteiger partial charge is 0.497 e. The van der Waals surface area contributed by atoms with Gasteiger partial charge in [0.05, 0.1) is 19.2 Å². The maximum atomic E-state index is 14.4. The Balaban J connectivity index is 1.71. The van der Waals surface area contributed by atoms with Crippen LogP contribution in [0.3, 0.4) is 0 Å². The predicted octanol–water partition coefficient (Wildman–Crippen LogP) is 5.43. The number of ether oxygens (including phenoxy) is 1. The van der Waals surface area contributed by atoms with Gasteiger partial charge in [-0.15, -0.1) is 0 Å². The molecule has 0 unspecified atom stereocenters. The molecule has 1 aromatic heterocycles. The zero-order chi connectivity index (χ0) is 23.4. The van der Waals surface area contributed by atoms with E-state index in [4.69, 9.17) is 4.74 Å². The van der Waals surface area contributed by atoms with Crippen LogP contribution in [0, 0.1) is 5.82 Å². The molecule has 0 aliphatic carbocycles. The number of carboxylic acids is 1. The summed E-state index contributed by atoms with van der Waals surface area (Å²) in [5, 5.41) is 14.4. The fraction of sp³-hybridized carbons (Fsp3) is 0.222. The van der Waals surface area contributed by atoms with E-state index in [1.165, 1.54) is 11.6 Å². The number of fused-ring (bicyclic) bond motifs is 1. The summed E-state index contributed by atoms with van der Waals surface area (Å²) in [6.07, 6.45) is 0. The van der Waals surface area contributed by atoms with Crippen molar-refractivity contribution in [1.82, 2.24) is 9.88 Å². The fourth-order valence-corrected chi connectivity index (χ4v) is 4.23. The molecule has 0 saturated heterocycles. The smallest absolute Gasteiger partial charge is 0.352 e. The van der Waals surface area contributed by atoms with Crippen LogP contribution in [0.2, 0.25) is 0 Å². The van der Waals surface area contributed by atoms with Gasteiger partial charge in [0.1, 0.15) is 17.3 Å². The molecule has 3 aromatic carbocycles. The Hall–Kier alpha value is -3.64. The van der Waals surface area contributed by atoms with Crippen molar-refractivity contribution in [3.05, 3.63) is 101 Å². The van der Waals surface area contributed by atoms with Gasteiger partial charge in [0.2, 0.25) is 0 Å². The van der Waals surface area contributed by atoms with Gasteiger partial charge < -0.3 is 19.7 Å². The van der Waals surface area contributed by atoms with Crippen LogP contribution in [0.5, 0.6) is 5.75 Å². The summed E-state index contributed by atoms with van der Waals surface area (Å²) in [5.74, 6) is -0.528. The van der Waals surface area contributed by atoms with Crippen LogP contribution in [0.4, 0.5) is 4.39 Å². The first-order valence-corrected chi connectivity index (χ1v) is 10.9. The Labute approximate surface area is 192 Å². The SMILES string of the molecule is COc1ccc2c(CNC[C@H](C)c3ccccc3)c(C(=O)O)n(Cc3ccccc3F)c2c1. The number of aromatic nitrogens is 1. The van der Waals surface area contributed by atoms with Crippen molar-refractivity contribution < 1.29 is 19.0 Å². The zero-order valence-corrected chi connectivity index (χ0v) is 18.7. The minimum Gasteiger partial charge on any atom is -0.497 e. The van der Waals surface area contributed by atoms with Crippen molar-refractivity contribution in [2.75, 3.05) is 13.7 Å². The highest BCUT2D eigenvalue weighted by atomic mass is 19.1. The van der Waals surface area contributed by atoms with Crippen LogP contribution >= 0.6 is 0 Å². The van der Waals surface area contributed by atoms with Gasteiger partial charge in [-0.25, -0.2) is 9.18 Å². The summed E-state index contributed by atoms with van der Waals surface area (Å²) in [4.78, 5) is 12.4. The molecule has 1 heterocycles. The topological polar surface area (TPSA) is 63.5 Å². The molecule has 2 N–H and O–H groups in total. The number of aromatic carboxylic acids is 1. The lowest BCUT2D eigenvalue weighted by Crippen LogP contribution is -2.21. The average Bonchev–Trinajstić information content (AvgIpc) is 3.13. The van der Waals surface area contributed by atoms with Gasteiger partial charge in [-0.3, -0.25) is 0 Å². The third-order valence-electron chi connectivity index (χ3n) is 5.99. The summed E-state index contributed by atoms with van der Waals surface area (Å²) in [6.45, 7) is 3.32. The molecule has 0 amide bonds. The van der Waals surface area contributed by atoms with E-state index in [9.17, 15) is 14.3 Å². The molecule has 0 aliphatic heterocycles. The molecule has 170 valence electrons. The summed E-state index contributed by atoms with van der Waals surface area (Å²) in [6, 6.07) is 22.1. The summed E-state index contributed by atoms with van der Waals surface area (Å²) < 4.78 is 21.5. The van der Waals surface area contributed by atoms with Crippen LogP contribution in [0.15, 0.2) is 72.8 Å². The first kappa shape index (κ1) is 22.6. The van der Waals surface area contributed by atoms with Gasteiger partial charge in [-0.2, -0.15) is 0 Å². The Morgan fingerprint density at radius 2 is 1.82 bits per heavy atom. The van der Waals surface area contributed by atoms with Gasteiger partial charge in [-0.1, -0.05) is 55.5 Å². The Bertz CT molecular complexity index is 1270. The molecule has 6 heteroatoms. The second-order valence-corrected chi connectivity index (χ2v) is 8.14. The molecule has 4 aromatic rings. The first-order chi connectivity index (χ1) is 16.0. The van der Waals surface area contributed by atoms with Gasteiger partial charge in [0.25, 0.3) is 0 Å². The van der Waals surface area contributed by atoms with Crippen LogP contribution < -0.4 is 10.1 Å². The van der Waals surface area contributed by atoms with Crippen molar-refractivity contribution in [3.8, 4) is 5.75 Å². The van der Waals surface area contributed by atoms with E-state index in [0.29, 0.717) is 35.5 Å². The van der Waals surface area contributed by atoms with Gasteiger partial charge >= 0.3 is 5.97 Å². The second kappa shape index (κ2) is 9.88. The number of hydrogen-bond acceptors (Lipinski definition) is 3. The second-order valence-electron chi connectivity index (χ2n) is 8.14. The highest BCUT2D eigenvalue weighted by Gasteiger charge is 2.23. The van der Waals surface area contributed by atoms with Crippen LogP contribution in [0.25, 0.3) is 10.9 Å². The fourth-order valence-electron chi connectivity index (χ4n) is 4.23. The lowest BCUT2D eigenvalue weighted by Gasteiger charge is -2.14. The lowest BCUT2D eigenvalue weighted by molar-refractivity contribution is 0.0684. The van der Waals surface area contributed by atoms with Crippen molar-refractivity contribution in [1.29, 1.82) is 0 Å². The van der Waals surface area contributed by atoms with E-state index in [-0.39, 0.29) is 24.0 Å². The summed E-state index contributed by atoms with van der Waals surface area (Å²) >= 11 is 0. The molecule has 0 bridgehead atoms. The normalized spacial score (nSPS) is 12.1. The standard InChI is InChI=1S/C27H27FN2O3/c1-18(19-8-4-3-5-9-19)15-29-16-23-22-13-12-21(33-2)14-25(22)30(26(23)27(31)32)17-20-10-6-7-11-24(20)28/h3-14,18,29H,15-17H2,1-2H3,(H,31,32)/t18-/m0/s1. The molecule has 33 heavy (non-hydrogen) atoms. The molecule has 4 rings (SSSR count). The van der Waals surface area contributed by atoms with Gasteiger partial charge in [0, 0.05) is 35.7 Å². The van der Waals surface area contributed by atoms with E-state index < -0.39 is 5.97 Å². The average molecular weight is 447 g/mol. The number of carbonyl (C=O) groups is 1. The number of halogens is 1. The summed E-state index contributed by atoms with van der Waals surface area (Å²) in [7, 11) is 1.57. The Morgan fingerprint density at radius 1 is 1.09 bits per heavy atom.